The monoisotopic (exact) mass is 1770 g/mol. The van der Waals surface area contributed by atoms with Gasteiger partial charge < -0.3 is 125 Å². The molecule has 0 aromatic heterocycles. The number of nitrogens with one attached hydrogen (secondary N) is 10. The number of amides is 10. The van der Waals surface area contributed by atoms with E-state index in [1.54, 1.807) is 9.80 Å². The van der Waals surface area contributed by atoms with Crippen molar-refractivity contribution < 1.29 is 143 Å². The maximum Gasteiger partial charge on any atom is 0.408 e. The van der Waals surface area contributed by atoms with Crippen LogP contribution in [-0.2, 0) is 90.3 Å². The number of nitrogens with zero attached hydrogens (tertiary/aromatic N) is 2. The summed E-state index contributed by atoms with van der Waals surface area (Å²) in [6.45, 7) is 3.09. The van der Waals surface area contributed by atoms with Gasteiger partial charge in [-0.05, 0) is 124 Å². The number of hydrogen-bond acceptors (Lipinski definition) is 31. The number of unbranched alkanes of at least 4 members (excludes halogenated alkanes) is 5. The van der Waals surface area contributed by atoms with Crippen molar-refractivity contribution in [3.05, 3.63) is 0 Å². The molecule has 0 aromatic carbocycles. The van der Waals surface area contributed by atoms with E-state index in [0.29, 0.717) is 45.1 Å². The molecule has 0 rings (SSSR count). The van der Waals surface area contributed by atoms with Crippen molar-refractivity contribution >= 4 is 90.8 Å². The van der Waals surface area contributed by atoms with E-state index in [4.69, 9.17) is 126 Å². The summed E-state index contributed by atoms with van der Waals surface area (Å²) >= 11 is 0. The van der Waals surface area contributed by atoms with Crippen LogP contribution in [0, 0.1) is 123 Å². The molecule has 0 fully saturated rings. The van der Waals surface area contributed by atoms with E-state index in [0.717, 1.165) is 0 Å². The predicted octanol–water partition coefficient (Wildman–Crippen LogP) is 2.68. The zero-order valence-electron chi connectivity index (χ0n) is 71.1. The molecule has 0 saturated heterocycles. The van der Waals surface area contributed by atoms with Crippen LogP contribution in [0.15, 0.2) is 0 Å². The molecule has 9 atom stereocenters. The van der Waals surface area contributed by atoms with Gasteiger partial charge in [-0.25, -0.2) is 71.9 Å². The van der Waals surface area contributed by atoms with E-state index in [1.807, 2.05) is 0 Å². The fourth-order valence-electron chi connectivity index (χ4n) is 10.3. The van der Waals surface area contributed by atoms with Gasteiger partial charge in [0.25, 0.3) is 0 Å². The molecule has 0 radical (unpaired) electrons. The first-order chi connectivity index (χ1) is 60.4. The number of rotatable bonds is 60. The van der Waals surface area contributed by atoms with E-state index >= 15 is 0 Å². The number of terminal acetylenes is 10. The van der Waals surface area contributed by atoms with E-state index in [2.05, 4.69) is 122 Å². The third-order valence-corrected chi connectivity index (χ3v) is 15.8. The molecule has 0 spiro atoms. The summed E-state index contributed by atoms with van der Waals surface area (Å²) in [6.07, 6.45) is 41.9. The summed E-state index contributed by atoms with van der Waals surface area (Å²) in [7, 11) is 0. The first kappa shape index (κ1) is 114. The molecule has 690 valence electrons. The predicted molar refractivity (Wildman–Crippen MR) is 448 cm³/mol. The number of carboxylic acids is 1. The van der Waals surface area contributed by atoms with Gasteiger partial charge in [0.2, 0.25) is 0 Å². The van der Waals surface area contributed by atoms with Gasteiger partial charge in [-0.15, -0.1) is 64.2 Å². The van der Waals surface area contributed by atoms with Gasteiger partial charge in [-0.1, -0.05) is 59.2 Å². The normalized spacial score (nSPS) is 12.1. The second-order valence-corrected chi connectivity index (χ2v) is 26.2. The number of carbonyl (C=O) groups is 15. The number of alkyl carbamates (subject to hydrolysis) is 10. The third kappa shape index (κ3) is 63.5. The summed E-state index contributed by atoms with van der Waals surface area (Å²) in [5.41, 5.74) is 0. The topological polar surface area (TPSA) is 532 Å². The van der Waals surface area contributed by atoms with Gasteiger partial charge in [0.1, 0.15) is 54.6 Å². The maximum atomic E-state index is 14.1. The molecule has 0 aliphatic heterocycles. The van der Waals surface area contributed by atoms with Crippen molar-refractivity contribution in [2.45, 2.75) is 179 Å². The molecule has 0 bridgehead atoms. The summed E-state index contributed by atoms with van der Waals surface area (Å²) in [4.78, 5) is 192. The SMILES string of the molecule is C#CCOC(=O)NCCCCC(NC(=O)OCC#C)C(=O)O.C#CCOC(=O)NCCCCC(NC(=O)OCC#C)C(=O)OC(C)CN(CCN(CC(C)OC(=O)C(CCCCNC(=O)OCC#C)NC(=O)OCC#C)CC(C)OC(=O)C(CCCCNC(=O)OCC#C)NC(=O)OCC#C)CC(C)OC(=O)C(CCCCNC(=O)OCC#C)NC(=O)OCC#C. The number of esters is 4. The van der Waals surface area contributed by atoms with Crippen molar-refractivity contribution in [2.24, 2.45) is 0 Å². The molecule has 11 N–H and O–H groups in total. The molecule has 0 aromatic rings. The molecule has 0 saturated carbocycles. The second kappa shape index (κ2) is 74.4. The Morgan fingerprint density at radius 2 is 0.413 bits per heavy atom. The Morgan fingerprint density at radius 1 is 0.254 bits per heavy atom. The maximum absolute atomic E-state index is 14.1. The first-order valence-corrected chi connectivity index (χ1v) is 39.4. The van der Waals surface area contributed by atoms with Crippen LogP contribution in [-0.4, -0.2) is 298 Å². The molecule has 42 heteroatoms. The zero-order valence-corrected chi connectivity index (χ0v) is 71.1. The minimum atomic E-state index is -1.32. The Morgan fingerprint density at radius 3 is 0.579 bits per heavy atom. The van der Waals surface area contributed by atoms with E-state index in [9.17, 15) is 71.9 Å². The van der Waals surface area contributed by atoms with Crippen molar-refractivity contribution in [3.8, 4) is 123 Å². The van der Waals surface area contributed by atoms with Crippen LogP contribution in [0.25, 0.3) is 0 Å². The van der Waals surface area contributed by atoms with Crippen LogP contribution in [0.5, 0.6) is 0 Å². The lowest BCUT2D eigenvalue weighted by molar-refractivity contribution is -0.155. The summed E-state index contributed by atoms with van der Waals surface area (Å²) < 4.78 is 72.1. The molecule has 0 aliphatic carbocycles. The fraction of sp³-hybridized carbons (Fsp3) is 0.583. The summed E-state index contributed by atoms with van der Waals surface area (Å²) in [6, 6.07) is -6.38. The zero-order chi connectivity index (χ0) is 94.5. The first-order valence-electron chi connectivity index (χ1n) is 39.4. The largest absolute Gasteiger partial charge is 0.480 e. The number of ether oxygens (including phenoxy) is 14. The van der Waals surface area contributed by atoms with Gasteiger partial charge in [0, 0.05) is 72.0 Å². The Hall–Kier alpha value is -14.4. The van der Waals surface area contributed by atoms with Crippen molar-refractivity contribution in [2.75, 3.05) is 138 Å². The molecule has 0 heterocycles. The minimum Gasteiger partial charge on any atom is -0.480 e. The minimum absolute atomic E-state index is 0.0239. The van der Waals surface area contributed by atoms with Crippen LogP contribution in [0.4, 0.5) is 47.9 Å². The summed E-state index contributed by atoms with van der Waals surface area (Å²) in [5, 5.41) is 33.5. The fourth-order valence-corrected chi connectivity index (χ4v) is 10.3. The lowest BCUT2D eigenvalue weighted by Crippen LogP contribution is -2.49. The van der Waals surface area contributed by atoms with Crippen LogP contribution >= 0.6 is 0 Å². The highest BCUT2D eigenvalue weighted by Crippen LogP contribution is 2.15. The molecular weight excluding hydrogens is 1660 g/mol. The van der Waals surface area contributed by atoms with Gasteiger partial charge in [-0.3, -0.25) is 9.80 Å². The average molecular weight is 1770 g/mol. The van der Waals surface area contributed by atoms with Crippen LogP contribution in [0.3, 0.4) is 0 Å². The lowest BCUT2D eigenvalue weighted by Gasteiger charge is -2.33. The standard InChI is InChI=1S/C70H96N10O24.C14H18N2O6/c1-13-39-93-63(85)71-33-25-21-29-55(75-67(89)97-43-17-5)59(81)101-51(9)47-79(48-52(10)102-60(82)56(76-68(90)98-44-18-6)30-22-26-34-72-64(86)94-40-14-2)37-38-80(49-53(11)103-61(83)57(77-69(91)99-45-19-7)31-23-27-35-73-65(87)95-41-15-3)50-54(12)104-62(84)58(78-70(92)100-46-20-8)32-24-28-36-74-66(88)96-42-16-4;1-3-9-21-13(19)15-8-6-5-7-11(12(17)18)16-14(20)22-10-4-2/h1-8,51-58H,21-50H2,9-12H3,(H,71,85)(H,72,86)(H,73,87)(H,74,88)(H,75,89)(H,76,90)(H,77,91)(H,78,92);1-2,11H,5-10H2,(H,15,19)(H,16,20)(H,17,18). The van der Waals surface area contributed by atoms with Crippen LogP contribution < -0.4 is 53.2 Å². The Kier molecular flexibility index (Phi) is 67.1. The number of carboxylic acid groups (broad SMARTS) is 1. The molecule has 10 amide bonds. The Balaban J connectivity index is 0. The van der Waals surface area contributed by atoms with Crippen molar-refractivity contribution in [1.29, 1.82) is 0 Å². The number of aliphatic carboxylic acids is 1. The number of hydrogen-bond donors (Lipinski definition) is 11. The van der Waals surface area contributed by atoms with Crippen molar-refractivity contribution in [3.63, 3.8) is 0 Å². The van der Waals surface area contributed by atoms with Gasteiger partial charge in [-0.2, -0.15) is 0 Å². The lowest BCUT2D eigenvalue weighted by atomic mass is 10.1. The highest BCUT2D eigenvalue weighted by molar-refractivity contribution is 5.84. The molecule has 42 nitrogen and oxygen atoms in total. The second-order valence-electron chi connectivity index (χ2n) is 26.2. The third-order valence-electron chi connectivity index (χ3n) is 15.8. The summed E-state index contributed by atoms with van der Waals surface area (Å²) in [5.74, 6) is 16.7. The molecule has 0 aliphatic rings. The van der Waals surface area contributed by atoms with Crippen LogP contribution in [0.2, 0.25) is 0 Å². The Bertz CT molecular complexity index is 3450. The molecule has 9 unspecified atom stereocenters. The smallest absolute Gasteiger partial charge is 0.408 e. The highest BCUT2D eigenvalue weighted by Gasteiger charge is 2.32. The average Bonchev–Trinajstić information content (AvgIpc) is 0.888. The van der Waals surface area contributed by atoms with Gasteiger partial charge in [0.05, 0.1) is 0 Å². The van der Waals surface area contributed by atoms with Gasteiger partial charge in [0.15, 0.2) is 66.1 Å². The Labute approximate surface area is 734 Å². The van der Waals surface area contributed by atoms with E-state index in [1.165, 1.54) is 27.7 Å². The van der Waals surface area contributed by atoms with Crippen molar-refractivity contribution in [1.82, 2.24) is 63.0 Å². The quantitative estimate of drug-likeness (QED) is 0.0180. The molecular formula is C84H114N12O30. The highest BCUT2D eigenvalue weighted by atomic mass is 16.6. The van der Waals surface area contributed by atoms with E-state index < -0.39 is 172 Å². The molecule has 126 heavy (non-hydrogen) atoms. The van der Waals surface area contributed by atoms with Gasteiger partial charge >= 0.3 is 90.8 Å². The van der Waals surface area contributed by atoms with E-state index in [-0.39, 0.29) is 163 Å². The van der Waals surface area contributed by atoms with Crippen LogP contribution in [0.1, 0.15) is 124 Å². The number of carbonyl (C=O) groups excluding carboxylic acids is 14.